The number of benzene rings is 1. The summed E-state index contributed by atoms with van der Waals surface area (Å²) in [5.74, 6) is 0.741. The van der Waals surface area contributed by atoms with Crippen LogP contribution in [0.2, 0.25) is 5.02 Å². The van der Waals surface area contributed by atoms with E-state index in [0.717, 1.165) is 12.1 Å². The SMILES string of the molecule is CNC1CCN(c2cc(Cl)cc(OC)c2)C1=O. The van der Waals surface area contributed by atoms with Gasteiger partial charge in [-0.3, -0.25) is 4.79 Å². The molecule has 92 valence electrons. The van der Waals surface area contributed by atoms with E-state index in [2.05, 4.69) is 5.32 Å². The first-order valence-corrected chi connectivity index (χ1v) is 5.86. The summed E-state index contributed by atoms with van der Waals surface area (Å²) in [4.78, 5) is 13.8. The molecule has 0 radical (unpaired) electrons. The lowest BCUT2D eigenvalue weighted by Crippen LogP contribution is -2.36. The van der Waals surface area contributed by atoms with Gasteiger partial charge in [0.15, 0.2) is 0 Å². The molecule has 0 spiro atoms. The molecule has 1 N–H and O–H groups in total. The minimum atomic E-state index is -0.0972. The monoisotopic (exact) mass is 254 g/mol. The third-order valence-corrected chi connectivity index (χ3v) is 3.18. The summed E-state index contributed by atoms with van der Waals surface area (Å²) in [6.07, 6.45) is 0.810. The summed E-state index contributed by atoms with van der Waals surface area (Å²) in [6.45, 7) is 0.702. The molecule has 0 aromatic heterocycles. The quantitative estimate of drug-likeness (QED) is 0.892. The van der Waals surface area contributed by atoms with E-state index in [-0.39, 0.29) is 11.9 Å². The van der Waals surface area contributed by atoms with Crippen molar-refractivity contribution in [2.75, 3.05) is 25.6 Å². The Morgan fingerprint density at radius 2 is 2.24 bits per heavy atom. The summed E-state index contributed by atoms with van der Waals surface area (Å²) >= 11 is 5.99. The minimum absolute atomic E-state index is 0.0804. The molecule has 1 saturated heterocycles. The Hall–Kier alpha value is -1.26. The van der Waals surface area contributed by atoms with Gasteiger partial charge in [0, 0.05) is 23.3 Å². The van der Waals surface area contributed by atoms with Crippen molar-refractivity contribution in [3.05, 3.63) is 23.2 Å². The number of carbonyl (C=O) groups is 1. The van der Waals surface area contributed by atoms with Crippen LogP contribution in [-0.4, -0.2) is 32.7 Å². The Morgan fingerprint density at radius 3 is 2.82 bits per heavy atom. The average molecular weight is 255 g/mol. The summed E-state index contributed by atoms with van der Waals surface area (Å²) < 4.78 is 5.15. The number of rotatable bonds is 3. The van der Waals surface area contributed by atoms with Crippen molar-refractivity contribution in [3.63, 3.8) is 0 Å². The molecule has 0 saturated carbocycles. The Kier molecular flexibility index (Phi) is 3.54. The lowest BCUT2D eigenvalue weighted by molar-refractivity contribution is -0.118. The molecule has 1 unspecified atom stereocenters. The zero-order valence-electron chi connectivity index (χ0n) is 9.87. The molecule has 1 amide bonds. The van der Waals surface area contributed by atoms with E-state index < -0.39 is 0 Å². The third-order valence-electron chi connectivity index (χ3n) is 2.96. The molecule has 4 nitrogen and oxygen atoms in total. The number of likely N-dealkylation sites (N-methyl/N-ethyl adjacent to an activating group) is 1. The van der Waals surface area contributed by atoms with Crippen LogP contribution in [0.4, 0.5) is 5.69 Å². The van der Waals surface area contributed by atoms with E-state index in [9.17, 15) is 4.79 Å². The van der Waals surface area contributed by atoms with E-state index in [4.69, 9.17) is 16.3 Å². The van der Waals surface area contributed by atoms with Crippen molar-refractivity contribution >= 4 is 23.2 Å². The average Bonchev–Trinajstić information content (AvgIpc) is 2.69. The van der Waals surface area contributed by atoms with Gasteiger partial charge in [-0.25, -0.2) is 0 Å². The maximum absolute atomic E-state index is 12.0. The molecule has 1 aromatic carbocycles. The number of amides is 1. The van der Waals surface area contributed by atoms with E-state index in [1.807, 2.05) is 6.07 Å². The number of ether oxygens (including phenoxy) is 1. The van der Waals surface area contributed by atoms with Crippen molar-refractivity contribution in [1.29, 1.82) is 0 Å². The van der Waals surface area contributed by atoms with Gasteiger partial charge in [-0.1, -0.05) is 11.6 Å². The van der Waals surface area contributed by atoms with E-state index >= 15 is 0 Å². The van der Waals surface area contributed by atoms with Crippen molar-refractivity contribution in [1.82, 2.24) is 5.32 Å². The number of nitrogens with zero attached hydrogens (tertiary/aromatic N) is 1. The van der Waals surface area contributed by atoms with Crippen LogP contribution >= 0.6 is 11.6 Å². The predicted molar refractivity (Wildman–Crippen MR) is 67.8 cm³/mol. The highest BCUT2D eigenvalue weighted by Gasteiger charge is 2.31. The van der Waals surface area contributed by atoms with Gasteiger partial charge in [0.2, 0.25) is 5.91 Å². The predicted octanol–water partition coefficient (Wildman–Crippen LogP) is 1.67. The summed E-state index contributed by atoms with van der Waals surface area (Å²) in [7, 11) is 3.38. The largest absolute Gasteiger partial charge is 0.497 e. The second-order valence-corrected chi connectivity index (χ2v) is 4.41. The van der Waals surface area contributed by atoms with Gasteiger partial charge in [-0.2, -0.15) is 0 Å². The molecule has 5 heteroatoms. The molecule has 1 aromatic rings. The minimum Gasteiger partial charge on any atom is -0.497 e. The fraction of sp³-hybridized carbons (Fsp3) is 0.417. The number of methoxy groups -OCH3 is 1. The van der Waals surface area contributed by atoms with Gasteiger partial charge in [-0.15, -0.1) is 0 Å². The van der Waals surface area contributed by atoms with Gasteiger partial charge >= 0.3 is 0 Å². The van der Waals surface area contributed by atoms with Crippen molar-refractivity contribution < 1.29 is 9.53 Å². The van der Waals surface area contributed by atoms with Gasteiger partial charge in [0.25, 0.3) is 0 Å². The standard InChI is InChI=1S/C12H15ClN2O2/c1-14-11-3-4-15(12(11)16)9-5-8(13)6-10(7-9)17-2/h5-7,11,14H,3-4H2,1-2H3. The second kappa shape index (κ2) is 4.94. The molecule has 0 aliphatic carbocycles. The number of nitrogens with one attached hydrogen (secondary N) is 1. The van der Waals surface area contributed by atoms with E-state index in [1.165, 1.54) is 0 Å². The molecule has 1 aliphatic heterocycles. The van der Waals surface area contributed by atoms with Crippen LogP contribution in [0.15, 0.2) is 18.2 Å². The first-order chi connectivity index (χ1) is 8.15. The number of carbonyl (C=O) groups excluding carboxylic acids is 1. The van der Waals surface area contributed by atoms with Crippen molar-refractivity contribution in [3.8, 4) is 5.75 Å². The Bertz CT molecular complexity index is 437. The molecule has 2 rings (SSSR count). The molecule has 1 heterocycles. The first kappa shape index (κ1) is 12.2. The van der Waals surface area contributed by atoms with Gasteiger partial charge in [0.05, 0.1) is 13.2 Å². The number of hydrogen-bond acceptors (Lipinski definition) is 3. The maximum atomic E-state index is 12.0. The highest BCUT2D eigenvalue weighted by molar-refractivity contribution is 6.31. The number of hydrogen-bond donors (Lipinski definition) is 1. The molecule has 1 fully saturated rings. The molecule has 17 heavy (non-hydrogen) atoms. The topological polar surface area (TPSA) is 41.6 Å². The summed E-state index contributed by atoms with van der Waals surface area (Å²) in [5.41, 5.74) is 0.789. The lowest BCUT2D eigenvalue weighted by Gasteiger charge is -2.17. The highest BCUT2D eigenvalue weighted by Crippen LogP contribution is 2.29. The molecule has 1 aliphatic rings. The van der Waals surface area contributed by atoms with E-state index in [0.29, 0.717) is 17.3 Å². The first-order valence-electron chi connectivity index (χ1n) is 5.49. The van der Waals surface area contributed by atoms with Gasteiger partial charge in [0.1, 0.15) is 5.75 Å². The number of anilines is 1. The van der Waals surface area contributed by atoms with Crippen LogP contribution in [0.3, 0.4) is 0 Å². The van der Waals surface area contributed by atoms with Crippen LogP contribution in [0.5, 0.6) is 5.75 Å². The smallest absolute Gasteiger partial charge is 0.244 e. The maximum Gasteiger partial charge on any atom is 0.244 e. The van der Waals surface area contributed by atoms with Crippen LogP contribution in [0.1, 0.15) is 6.42 Å². The Labute approximate surface area is 106 Å². The summed E-state index contributed by atoms with van der Waals surface area (Å²) in [5, 5.41) is 3.57. The Morgan fingerprint density at radius 1 is 1.47 bits per heavy atom. The zero-order valence-corrected chi connectivity index (χ0v) is 10.6. The number of halogens is 1. The van der Waals surface area contributed by atoms with Gasteiger partial charge in [-0.05, 0) is 25.6 Å². The van der Waals surface area contributed by atoms with Crippen molar-refractivity contribution in [2.45, 2.75) is 12.5 Å². The normalized spacial score (nSPS) is 19.8. The molecular weight excluding hydrogens is 240 g/mol. The molecule has 1 atom stereocenters. The zero-order chi connectivity index (χ0) is 12.4. The lowest BCUT2D eigenvalue weighted by atomic mass is 10.2. The van der Waals surface area contributed by atoms with Crippen molar-refractivity contribution in [2.24, 2.45) is 0 Å². The second-order valence-electron chi connectivity index (χ2n) is 3.97. The van der Waals surface area contributed by atoms with Crippen LogP contribution < -0.4 is 15.0 Å². The fourth-order valence-corrected chi connectivity index (χ4v) is 2.25. The fourth-order valence-electron chi connectivity index (χ4n) is 2.03. The Balaban J connectivity index is 2.29. The highest BCUT2D eigenvalue weighted by atomic mass is 35.5. The third kappa shape index (κ3) is 2.37. The van der Waals surface area contributed by atoms with Crippen LogP contribution in [0.25, 0.3) is 0 Å². The van der Waals surface area contributed by atoms with E-state index in [1.54, 1.807) is 31.2 Å². The molecular formula is C12H15ClN2O2. The molecule has 0 bridgehead atoms. The van der Waals surface area contributed by atoms with Crippen LogP contribution in [0, 0.1) is 0 Å². The van der Waals surface area contributed by atoms with Crippen LogP contribution in [-0.2, 0) is 4.79 Å². The summed E-state index contributed by atoms with van der Waals surface area (Å²) in [6, 6.07) is 5.23. The van der Waals surface area contributed by atoms with Gasteiger partial charge < -0.3 is 15.0 Å².